The monoisotopic (exact) mass is 159 g/mol. The lowest BCUT2D eigenvalue weighted by Gasteiger charge is -2.08. The summed E-state index contributed by atoms with van der Waals surface area (Å²) in [7, 11) is 0. The van der Waals surface area contributed by atoms with Gasteiger partial charge in [-0.15, -0.1) is 0 Å². The van der Waals surface area contributed by atoms with Crippen molar-refractivity contribution in [1.29, 1.82) is 0 Å². The number of aliphatic hydroxyl groups is 2. The molecular weight excluding hydrogens is 142 g/mol. The molecule has 0 aliphatic heterocycles. The maximum absolute atomic E-state index is 8.90. The Morgan fingerprint density at radius 2 is 2.27 bits per heavy atom. The fourth-order valence-electron chi connectivity index (χ4n) is 0.605. The zero-order chi connectivity index (χ0) is 8.69. The summed E-state index contributed by atoms with van der Waals surface area (Å²) in [6, 6.07) is 0. The number of aliphatic hydroxyl groups excluding tert-OH is 2. The van der Waals surface area contributed by atoms with Gasteiger partial charge in [0.2, 0.25) is 0 Å². The molecule has 0 saturated heterocycles. The highest BCUT2D eigenvalue weighted by molar-refractivity contribution is 4.94. The van der Waals surface area contributed by atoms with Gasteiger partial charge in [-0.1, -0.05) is 19.1 Å². The minimum Gasteiger partial charge on any atom is -0.394 e. The van der Waals surface area contributed by atoms with E-state index in [2.05, 4.69) is 11.9 Å². The van der Waals surface area contributed by atoms with Crippen LogP contribution in [-0.4, -0.2) is 36.0 Å². The molecule has 0 heterocycles. The standard InChI is InChI=1S/C8H17NO2/c1-3-7(2)4-9-5-8(11)6-10/h8-11H,2-6H2,1H3. The molecule has 0 amide bonds. The van der Waals surface area contributed by atoms with E-state index < -0.39 is 6.10 Å². The summed E-state index contributed by atoms with van der Waals surface area (Å²) in [6.07, 6.45) is 0.294. The van der Waals surface area contributed by atoms with Crippen LogP contribution in [0.4, 0.5) is 0 Å². The summed E-state index contributed by atoms with van der Waals surface area (Å²) in [4.78, 5) is 0. The molecule has 0 radical (unpaired) electrons. The second-order valence-corrected chi connectivity index (χ2v) is 2.57. The van der Waals surface area contributed by atoms with Crippen molar-refractivity contribution in [3.8, 4) is 0 Å². The van der Waals surface area contributed by atoms with Crippen molar-refractivity contribution < 1.29 is 10.2 Å². The van der Waals surface area contributed by atoms with Crippen molar-refractivity contribution in [2.75, 3.05) is 19.7 Å². The Balaban J connectivity index is 3.20. The van der Waals surface area contributed by atoms with E-state index in [4.69, 9.17) is 10.2 Å². The van der Waals surface area contributed by atoms with Crippen LogP contribution in [0.25, 0.3) is 0 Å². The molecule has 11 heavy (non-hydrogen) atoms. The van der Waals surface area contributed by atoms with Gasteiger partial charge in [0.05, 0.1) is 12.7 Å². The molecule has 0 aliphatic rings. The van der Waals surface area contributed by atoms with Gasteiger partial charge in [-0.2, -0.15) is 0 Å². The minimum absolute atomic E-state index is 0.189. The van der Waals surface area contributed by atoms with Gasteiger partial charge in [-0.05, 0) is 6.42 Å². The third kappa shape index (κ3) is 6.04. The first kappa shape index (κ1) is 10.6. The molecule has 0 aromatic heterocycles. The van der Waals surface area contributed by atoms with Crippen LogP contribution in [0.1, 0.15) is 13.3 Å². The van der Waals surface area contributed by atoms with Gasteiger partial charge in [-0.3, -0.25) is 0 Å². The molecule has 1 atom stereocenters. The zero-order valence-corrected chi connectivity index (χ0v) is 7.01. The van der Waals surface area contributed by atoms with Crippen molar-refractivity contribution in [1.82, 2.24) is 5.32 Å². The average molecular weight is 159 g/mol. The van der Waals surface area contributed by atoms with E-state index in [0.29, 0.717) is 13.1 Å². The van der Waals surface area contributed by atoms with Gasteiger partial charge in [0.25, 0.3) is 0 Å². The molecule has 0 saturated carbocycles. The van der Waals surface area contributed by atoms with Gasteiger partial charge >= 0.3 is 0 Å². The topological polar surface area (TPSA) is 52.5 Å². The van der Waals surface area contributed by atoms with E-state index in [1.807, 2.05) is 6.92 Å². The molecule has 0 aromatic rings. The predicted octanol–water partition coefficient (Wildman–Crippen LogP) is -0.105. The minimum atomic E-state index is -0.653. The Morgan fingerprint density at radius 1 is 1.64 bits per heavy atom. The maximum Gasteiger partial charge on any atom is 0.0895 e. The van der Waals surface area contributed by atoms with Crippen LogP contribution in [0.15, 0.2) is 12.2 Å². The fourth-order valence-corrected chi connectivity index (χ4v) is 0.605. The van der Waals surface area contributed by atoms with E-state index in [0.717, 1.165) is 12.0 Å². The third-order valence-electron chi connectivity index (χ3n) is 1.47. The number of rotatable bonds is 6. The van der Waals surface area contributed by atoms with Crippen LogP contribution in [0, 0.1) is 0 Å². The Hall–Kier alpha value is -0.380. The van der Waals surface area contributed by atoms with Crippen molar-refractivity contribution in [2.45, 2.75) is 19.4 Å². The molecule has 3 nitrogen and oxygen atoms in total. The Morgan fingerprint density at radius 3 is 2.73 bits per heavy atom. The summed E-state index contributed by atoms with van der Waals surface area (Å²) in [5.74, 6) is 0. The molecule has 0 rings (SSSR count). The lowest BCUT2D eigenvalue weighted by atomic mass is 10.2. The molecule has 0 spiro atoms. The fraction of sp³-hybridized carbons (Fsp3) is 0.750. The normalized spacial score (nSPS) is 13.0. The number of hydrogen-bond donors (Lipinski definition) is 3. The van der Waals surface area contributed by atoms with Crippen molar-refractivity contribution in [3.05, 3.63) is 12.2 Å². The van der Waals surface area contributed by atoms with Crippen LogP contribution < -0.4 is 5.32 Å². The largest absolute Gasteiger partial charge is 0.394 e. The average Bonchev–Trinajstić information content (AvgIpc) is 2.04. The van der Waals surface area contributed by atoms with E-state index in [1.165, 1.54) is 0 Å². The van der Waals surface area contributed by atoms with Gasteiger partial charge in [0.15, 0.2) is 0 Å². The second kappa shape index (κ2) is 6.34. The molecule has 3 heteroatoms. The van der Waals surface area contributed by atoms with E-state index in [1.54, 1.807) is 0 Å². The van der Waals surface area contributed by atoms with Crippen LogP contribution in [0.5, 0.6) is 0 Å². The van der Waals surface area contributed by atoms with E-state index >= 15 is 0 Å². The summed E-state index contributed by atoms with van der Waals surface area (Å²) in [6.45, 7) is 6.78. The summed E-state index contributed by atoms with van der Waals surface area (Å²) in [5.41, 5.74) is 1.11. The summed E-state index contributed by atoms with van der Waals surface area (Å²) in [5, 5.41) is 20.3. The Bertz CT molecular complexity index is 115. The summed E-state index contributed by atoms with van der Waals surface area (Å²) >= 11 is 0. The number of hydrogen-bond acceptors (Lipinski definition) is 3. The smallest absolute Gasteiger partial charge is 0.0895 e. The first-order chi connectivity index (χ1) is 5.20. The molecule has 1 unspecified atom stereocenters. The zero-order valence-electron chi connectivity index (χ0n) is 7.01. The van der Waals surface area contributed by atoms with Crippen molar-refractivity contribution >= 4 is 0 Å². The highest BCUT2D eigenvalue weighted by Crippen LogP contribution is 1.92. The van der Waals surface area contributed by atoms with Crippen LogP contribution in [0.3, 0.4) is 0 Å². The second-order valence-electron chi connectivity index (χ2n) is 2.57. The van der Waals surface area contributed by atoms with Crippen molar-refractivity contribution in [2.24, 2.45) is 0 Å². The summed E-state index contributed by atoms with van der Waals surface area (Å²) < 4.78 is 0. The Labute approximate surface area is 67.7 Å². The predicted molar refractivity (Wildman–Crippen MR) is 45.4 cm³/mol. The molecule has 0 bridgehead atoms. The van der Waals surface area contributed by atoms with Crippen LogP contribution in [0.2, 0.25) is 0 Å². The molecule has 66 valence electrons. The lowest BCUT2D eigenvalue weighted by Crippen LogP contribution is -2.30. The molecule has 0 aromatic carbocycles. The van der Waals surface area contributed by atoms with Crippen LogP contribution in [-0.2, 0) is 0 Å². The maximum atomic E-state index is 8.90. The van der Waals surface area contributed by atoms with Crippen LogP contribution >= 0.6 is 0 Å². The Kier molecular flexibility index (Phi) is 6.12. The SMILES string of the molecule is C=C(CC)CNCC(O)CO. The van der Waals surface area contributed by atoms with E-state index in [9.17, 15) is 0 Å². The molecular formula is C8H17NO2. The number of nitrogens with one attached hydrogen (secondary N) is 1. The lowest BCUT2D eigenvalue weighted by molar-refractivity contribution is 0.0951. The highest BCUT2D eigenvalue weighted by atomic mass is 16.3. The highest BCUT2D eigenvalue weighted by Gasteiger charge is 1.99. The first-order valence-electron chi connectivity index (χ1n) is 3.87. The van der Waals surface area contributed by atoms with Gasteiger partial charge in [0, 0.05) is 13.1 Å². The molecule has 0 aliphatic carbocycles. The van der Waals surface area contributed by atoms with Gasteiger partial charge < -0.3 is 15.5 Å². The van der Waals surface area contributed by atoms with Crippen molar-refractivity contribution in [3.63, 3.8) is 0 Å². The first-order valence-corrected chi connectivity index (χ1v) is 3.87. The third-order valence-corrected chi connectivity index (χ3v) is 1.47. The van der Waals surface area contributed by atoms with E-state index in [-0.39, 0.29) is 6.61 Å². The molecule has 3 N–H and O–H groups in total. The van der Waals surface area contributed by atoms with Gasteiger partial charge in [0.1, 0.15) is 0 Å². The molecule has 0 fully saturated rings. The quantitative estimate of drug-likeness (QED) is 0.474. The van der Waals surface area contributed by atoms with Gasteiger partial charge in [-0.25, -0.2) is 0 Å².